The van der Waals surface area contributed by atoms with Crippen molar-refractivity contribution < 1.29 is 18.3 Å². The molecule has 1 saturated heterocycles. The van der Waals surface area contributed by atoms with E-state index < -0.39 is 15.6 Å². The fraction of sp³-hybridized carbons (Fsp3) is 0.500. The van der Waals surface area contributed by atoms with Gasteiger partial charge in [0.15, 0.2) is 5.60 Å². The van der Waals surface area contributed by atoms with Crippen molar-refractivity contribution in [3.63, 3.8) is 0 Å². The molecule has 0 spiro atoms. The van der Waals surface area contributed by atoms with Crippen LogP contribution >= 0.6 is 0 Å². The third kappa shape index (κ3) is 4.52. The zero-order valence-electron chi connectivity index (χ0n) is 19.3. The molecular weight excluding hydrogens is 450 g/mol. The SMILES string of the molecule is NS(=O)(=O)c1ccc(CCN2CC3[C@H](C2)[C@H]3NC(=O)C(O)(c2ccccc2)C2CCCC2)cc1. The van der Waals surface area contributed by atoms with Crippen LogP contribution in [0.5, 0.6) is 0 Å². The van der Waals surface area contributed by atoms with Crippen LogP contribution in [0.3, 0.4) is 0 Å². The van der Waals surface area contributed by atoms with E-state index in [1.807, 2.05) is 42.5 Å². The average molecular weight is 484 g/mol. The lowest BCUT2D eigenvalue weighted by Crippen LogP contribution is -2.51. The maximum absolute atomic E-state index is 13.4. The minimum atomic E-state index is -3.66. The number of nitrogens with zero attached hydrogens (tertiary/aromatic N) is 1. The van der Waals surface area contributed by atoms with Gasteiger partial charge >= 0.3 is 0 Å². The lowest BCUT2D eigenvalue weighted by molar-refractivity contribution is -0.147. The Hall–Kier alpha value is -2.26. The first-order valence-electron chi connectivity index (χ1n) is 12.2. The number of hydrogen-bond donors (Lipinski definition) is 3. The Morgan fingerprint density at radius 1 is 1.03 bits per heavy atom. The van der Waals surface area contributed by atoms with Gasteiger partial charge in [-0.1, -0.05) is 55.3 Å². The summed E-state index contributed by atoms with van der Waals surface area (Å²) in [6.07, 6.45) is 4.70. The number of carbonyl (C=O) groups is 1. The number of sulfonamides is 1. The summed E-state index contributed by atoms with van der Waals surface area (Å²) < 4.78 is 22.8. The second-order valence-electron chi connectivity index (χ2n) is 10.1. The van der Waals surface area contributed by atoms with Gasteiger partial charge in [0.25, 0.3) is 5.91 Å². The van der Waals surface area contributed by atoms with Crippen LogP contribution in [0, 0.1) is 17.8 Å². The van der Waals surface area contributed by atoms with Crippen molar-refractivity contribution in [3.8, 4) is 0 Å². The average Bonchev–Trinajstić information content (AvgIpc) is 3.25. The second-order valence-corrected chi connectivity index (χ2v) is 11.7. The maximum Gasteiger partial charge on any atom is 0.257 e. The number of nitrogens with two attached hydrogens (primary N) is 1. The van der Waals surface area contributed by atoms with Crippen LogP contribution in [-0.4, -0.2) is 50.0 Å². The summed E-state index contributed by atoms with van der Waals surface area (Å²) in [7, 11) is -3.66. The molecule has 1 heterocycles. The largest absolute Gasteiger partial charge is 0.375 e. The quantitative estimate of drug-likeness (QED) is 0.532. The Balaban J connectivity index is 1.15. The zero-order chi connectivity index (χ0) is 23.9. The Kier molecular flexibility index (Phi) is 6.27. The van der Waals surface area contributed by atoms with E-state index in [1.54, 1.807) is 12.1 Å². The number of likely N-dealkylation sites (tertiary alicyclic amines) is 1. The number of piperidine rings is 1. The van der Waals surface area contributed by atoms with Gasteiger partial charge in [-0.2, -0.15) is 0 Å². The summed E-state index contributed by atoms with van der Waals surface area (Å²) in [5.74, 6) is 0.576. The highest BCUT2D eigenvalue weighted by Crippen LogP contribution is 2.47. The van der Waals surface area contributed by atoms with Gasteiger partial charge in [-0.3, -0.25) is 4.79 Å². The number of rotatable bonds is 8. The summed E-state index contributed by atoms with van der Waals surface area (Å²) >= 11 is 0. The molecule has 2 aromatic carbocycles. The van der Waals surface area contributed by atoms with Crippen molar-refractivity contribution in [2.24, 2.45) is 22.9 Å². The van der Waals surface area contributed by atoms with Crippen molar-refractivity contribution in [1.82, 2.24) is 10.2 Å². The standard InChI is InChI=1S/C26H33N3O4S/c27-34(32,33)21-12-10-18(11-13-21)14-15-29-16-22-23(17-29)24(22)28-25(30)26(31,20-8-4-5-9-20)19-6-2-1-3-7-19/h1-3,6-7,10-13,20,22-24,31H,4-5,8-9,14-17H2,(H,28,30)(H2,27,32,33)/t22-,23?,24+,26?/m0/s1. The fourth-order valence-corrected chi connectivity index (χ4v) is 6.51. The molecule has 2 aliphatic carbocycles. The number of hydrogen-bond acceptors (Lipinski definition) is 5. The normalized spacial score (nSPS) is 26.7. The van der Waals surface area contributed by atoms with E-state index in [0.717, 1.165) is 57.3 Å². The topological polar surface area (TPSA) is 113 Å². The Labute approximate surface area is 201 Å². The number of aliphatic hydroxyl groups is 1. The van der Waals surface area contributed by atoms with E-state index in [-0.39, 0.29) is 22.8 Å². The Morgan fingerprint density at radius 3 is 2.24 bits per heavy atom. The third-order valence-corrected chi connectivity index (χ3v) is 8.97. The maximum atomic E-state index is 13.4. The number of primary sulfonamides is 1. The van der Waals surface area contributed by atoms with Crippen LogP contribution in [0.1, 0.15) is 36.8 Å². The molecule has 1 amide bonds. The molecule has 2 unspecified atom stereocenters. The molecule has 2 aromatic rings. The Morgan fingerprint density at radius 2 is 1.65 bits per heavy atom. The molecule has 1 aliphatic heterocycles. The van der Waals surface area contributed by atoms with Gasteiger partial charge in [0.1, 0.15) is 0 Å². The molecule has 182 valence electrons. The fourth-order valence-electron chi connectivity index (χ4n) is 5.99. The van der Waals surface area contributed by atoms with Gasteiger partial charge in [0.2, 0.25) is 10.0 Å². The van der Waals surface area contributed by atoms with Crippen molar-refractivity contribution in [2.75, 3.05) is 19.6 Å². The van der Waals surface area contributed by atoms with E-state index >= 15 is 0 Å². The number of fused-ring (bicyclic) bond motifs is 1. The molecule has 0 radical (unpaired) electrons. The highest BCUT2D eigenvalue weighted by atomic mass is 32.2. The summed E-state index contributed by atoms with van der Waals surface area (Å²) in [5, 5.41) is 20.0. The van der Waals surface area contributed by atoms with Crippen LogP contribution < -0.4 is 10.5 Å². The molecule has 0 bridgehead atoms. The molecule has 3 aliphatic rings. The monoisotopic (exact) mass is 483 g/mol. The highest BCUT2D eigenvalue weighted by molar-refractivity contribution is 7.89. The molecule has 4 N–H and O–H groups in total. The van der Waals surface area contributed by atoms with Crippen molar-refractivity contribution in [3.05, 3.63) is 65.7 Å². The van der Waals surface area contributed by atoms with E-state index in [2.05, 4.69) is 10.2 Å². The lowest BCUT2D eigenvalue weighted by atomic mass is 9.79. The van der Waals surface area contributed by atoms with Crippen LogP contribution in [0.2, 0.25) is 0 Å². The first-order valence-corrected chi connectivity index (χ1v) is 13.7. The molecule has 0 aromatic heterocycles. The molecule has 3 fully saturated rings. The lowest BCUT2D eigenvalue weighted by Gasteiger charge is -2.33. The molecule has 34 heavy (non-hydrogen) atoms. The van der Waals surface area contributed by atoms with Crippen molar-refractivity contribution >= 4 is 15.9 Å². The highest BCUT2D eigenvalue weighted by Gasteiger charge is 2.58. The number of amides is 1. The van der Waals surface area contributed by atoms with Gasteiger partial charge in [-0.15, -0.1) is 0 Å². The molecule has 8 heteroatoms. The number of nitrogens with one attached hydrogen (secondary N) is 1. The van der Waals surface area contributed by atoms with Crippen LogP contribution in [0.25, 0.3) is 0 Å². The van der Waals surface area contributed by atoms with Crippen LogP contribution in [-0.2, 0) is 26.8 Å². The third-order valence-electron chi connectivity index (χ3n) is 8.04. The van der Waals surface area contributed by atoms with E-state index in [4.69, 9.17) is 5.14 Å². The summed E-state index contributed by atoms with van der Waals surface area (Å²) in [4.78, 5) is 15.9. The minimum Gasteiger partial charge on any atom is -0.375 e. The zero-order valence-corrected chi connectivity index (χ0v) is 20.1. The van der Waals surface area contributed by atoms with Crippen LogP contribution in [0.15, 0.2) is 59.5 Å². The number of benzene rings is 2. The molecule has 2 saturated carbocycles. The second kappa shape index (κ2) is 9.07. The van der Waals surface area contributed by atoms with E-state index in [0.29, 0.717) is 17.4 Å². The van der Waals surface area contributed by atoms with Gasteiger partial charge in [-0.05, 0) is 54.4 Å². The van der Waals surface area contributed by atoms with Gasteiger partial charge in [0.05, 0.1) is 4.90 Å². The smallest absolute Gasteiger partial charge is 0.257 e. The summed E-state index contributed by atoms with van der Waals surface area (Å²) in [5.41, 5.74) is 0.305. The summed E-state index contributed by atoms with van der Waals surface area (Å²) in [6.45, 7) is 2.74. The molecule has 4 atom stereocenters. The first-order chi connectivity index (χ1) is 16.3. The summed E-state index contributed by atoms with van der Waals surface area (Å²) in [6, 6.07) is 16.3. The molecular formula is C26H33N3O4S. The Bertz CT molecular complexity index is 1120. The molecule has 7 nitrogen and oxygen atoms in total. The van der Waals surface area contributed by atoms with E-state index in [9.17, 15) is 18.3 Å². The van der Waals surface area contributed by atoms with Crippen molar-refractivity contribution in [1.29, 1.82) is 0 Å². The van der Waals surface area contributed by atoms with Gasteiger partial charge < -0.3 is 15.3 Å². The van der Waals surface area contributed by atoms with E-state index in [1.165, 1.54) is 0 Å². The predicted octanol–water partition coefficient (Wildman–Crippen LogP) is 2.00. The minimum absolute atomic E-state index is 0.0364. The molecule has 5 rings (SSSR count). The predicted molar refractivity (Wildman–Crippen MR) is 129 cm³/mol. The van der Waals surface area contributed by atoms with Gasteiger partial charge in [-0.25, -0.2) is 13.6 Å². The number of carbonyl (C=O) groups excluding carboxylic acids is 1. The van der Waals surface area contributed by atoms with Crippen LogP contribution in [0.4, 0.5) is 0 Å². The van der Waals surface area contributed by atoms with Crippen molar-refractivity contribution in [2.45, 2.75) is 48.6 Å². The van der Waals surface area contributed by atoms with Gasteiger partial charge in [0, 0.05) is 31.6 Å². The first kappa shape index (κ1) is 23.5.